The van der Waals surface area contributed by atoms with E-state index in [0.29, 0.717) is 18.3 Å². The van der Waals surface area contributed by atoms with Crippen molar-refractivity contribution in [3.8, 4) is 11.1 Å². The zero-order chi connectivity index (χ0) is 20.5. The lowest BCUT2D eigenvalue weighted by molar-refractivity contribution is 0.0663. The lowest BCUT2D eigenvalue weighted by atomic mass is 9.78. The molecule has 1 unspecified atom stereocenters. The molecule has 1 aliphatic carbocycles. The monoisotopic (exact) mass is 394 g/mol. The molecule has 29 heavy (non-hydrogen) atoms. The van der Waals surface area contributed by atoms with E-state index in [-0.39, 0.29) is 12.8 Å². The summed E-state index contributed by atoms with van der Waals surface area (Å²) in [7, 11) is 0. The molecule has 1 saturated carbocycles. The second-order valence-corrected chi connectivity index (χ2v) is 8.27. The zero-order valence-corrected chi connectivity index (χ0v) is 17.9. The third-order valence-corrected chi connectivity index (χ3v) is 6.12. The van der Waals surface area contributed by atoms with Gasteiger partial charge >= 0.3 is 0 Å². The molecule has 2 heteroatoms. The van der Waals surface area contributed by atoms with Crippen LogP contribution in [0.3, 0.4) is 0 Å². The standard InChI is InChI=1S/C27H35FO/c1-3-20-29-21(2)23-11-13-25(14-12-23)27-17-15-26(16-18-27)24-9-7-22(8-10-24)6-4-5-19-28/h4,6,11-18,21-22,24H,3,5,7-10,19-20H2,1-2H3/b6-4+. The first-order chi connectivity index (χ1) is 14.2. The van der Waals surface area contributed by atoms with Gasteiger partial charge in [0.15, 0.2) is 0 Å². The molecule has 0 aromatic heterocycles. The van der Waals surface area contributed by atoms with Crippen LogP contribution in [0.25, 0.3) is 11.1 Å². The summed E-state index contributed by atoms with van der Waals surface area (Å²) >= 11 is 0. The maximum atomic E-state index is 12.2. The molecule has 156 valence electrons. The van der Waals surface area contributed by atoms with Crippen molar-refractivity contribution in [1.29, 1.82) is 0 Å². The van der Waals surface area contributed by atoms with E-state index in [4.69, 9.17) is 4.74 Å². The van der Waals surface area contributed by atoms with Crippen LogP contribution in [0.15, 0.2) is 60.7 Å². The largest absolute Gasteiger partial charge is 0.374 e. The van der Waals surface area contributed by atoms with Gasteiger partial charge in [-0.1, -0.05) is 67.6 Å². The van der Waals surface area contributed by atoms with E-state index >= 15 is 0 Å². The molecule has 3 rings (SSSR count). The Morgan fingerprint density at radius 3 is 2.17 bits per heavy atom. The Morgan fingerprint density at radius 2 is 1.59 bits per heavy atom. The molecule has 0 spiro atoms. The summed E-state index contributed by atoms with van der Waals surface area (Å²) in [5.41, 5.74) is 5.21. The summed E-state index contributed by atoms with van der Waals surface area (Å²) in [5.74, 6) is 1.30. The number of benzene rings is 2. The van der Waals surface area contributed by atoms with Crippen LogP contribution in [-0.4, -0.2) is 13.3 Å². The topological polar surface area (TPSA) is 9.23 Å². The molecule has 0 saturated heterocycles. The highest BCUT2D eigenvalue weighted by atomic mass is 19.1. The predicted molar refractivity (Wildman–Crippen MR) is 121 cm³/mol. The molecule has 2 aromatic carbocycles. The van der Waals surface area contributed by atoms with E-state index in [2.05, 4.69) is 68.5 Å². The lowest BCUT2D eigenvalue weighted by Crippen LogP contribution is -2.11. The van der Waals surface area contributed by atoms with Crippen molar-refractivity contribution in [2.45, 2.75) is 64.4 Å². The smallest absolute Gasteiger partial charge is 0.0928 e. The minimum Gasteiger partial charge on any atom is -0.374 e. The van der Waals surface area contributed by atoms with Crippen LogP contribution in [0.5, 0.6) is 0 Å². The molecule has 0 bridgehead atoms. The highest BCUT2D eigenvalue weighted by Crippen LogP contribution is 2.37. The van der Waals surface area contributed by atoms with Gasteiger partial charge in [0.05, 0.1) is 12.8 Å². The summed E-state index contributed by atoms with van der Waals surface area (Å²) in [6.07, 6.45) is 10.9. The minimum absolute atomic E-state index is 0.147. The van der Waals surface area contributed by atoms with E-state index in [1.165, 1.54) is 47.9 Å². The van der Waals surface area contributed by atoms with Gasteiger partial charge < -0.3 is 4.74 Å². The number of allylic oxidation sites excluding steroid dienone is 2. The molecular weight excluding hydrogens is 359 g/mol. The summed E-state index contributed by atoms with van der Waals surface area (Å²) in [5, 5.41) is 0. The molecule has 1 nitrogen and oxygen atoms in total. The Kier molecular flexibility index (Phi) is 8.49. The molecule has 0 N–H and O–H groups in total. The third-order valence-electron chi connectivity index (χ3n) is 6.12. The summed E-state index contributed by atoms with van der Waals surface area (Å²) in [6, 6.07) is 17.9. The number of hydrogen-bond acceptors (Lipinski definition) is 1. The second kappa shape index (κ2) is 11.3. The summed E-state index contributed by atoms with van der Waals surface area (Å²) in [6.45, 7) is 4.81. The number of ether oxygens (including phenoxy) is 1. The van der Waals surface area contributed by atoms with Crippen LogP contribution in [0.1, 0.15) is 75.5 Å². The second-order valence-electron chi connectivity index (χ2n) is 8.27. The molecule has 0 radical (unpaired) electrons. The van der Waals surface area contributed by atoms with Gasteiger partial charge in [0.1, 0.15) is 0 Å². The van der Waals surface area contributed by atoms with Crippen molar-refractivity contribution < 1.29 is 9.13 Å². The summed E-state index contributed by atoms with van der Waals surface area (Å²) in [4.78, 5) is 0. The fraction of sp³-hybridized carbons (Fsp3) is 0.481. The van der Waals surface area contributed by atoms with Crippen LogP contribution in [0, 0.1) is 5.92 Å². The zero-order valence-electron chi connectivity index (χ0n) is 17.9. The highest BCUT2D eigenvalue weighted by Gasteiger charge is 2.20. The molecule has 0 heterocycles. The predicted octanol–water partition coefficient (Wildman–Crippen LogP) is 8.03. The fourth-order valence-electron chi connectivity index (χ4n) is 4.28. The minimum atomic E-state index is -0.243. The molecule has 2 aromatic rings. The number of rotatable bonds is 9. The van der Waals surface area contributed by atoms with Gasteiger partial charge in [0.2, 0.25) is 0 Å². The van der Waals surface area contributed by atoms with Crippen LogP contribution < -0.4 is 0 Å². The van der Waals surface area contributed by atoms with E-state index in [9.17, 15) is 4.39 Å². The molecule has 1 atom stereocenters. The van der Waals surface area contributed by atoms with Crippen LogP contribution in [0.2, 0.25) is 0 Å². The van der Waals surface area contributed by atoms with Crippen molar-refractivity contribution >= 4 is 0 Å². The average Bonchev–Trinajstić information content (AvgIpc) is 2.78. The van der Waals surface area contributed by atoms with Gasteiger partial charge in [0, 0.05) is 6.61 Å². The van der Waals surface area contributed by atoms with Gasteiger partial charge in [-0.15, -0.1) is 0 Å². The SMILES string of the molecule is CCCOC(C)c1ccc(-c2ccc(C3CCC(/C=C/CCF)CC3)cc2)cc1. The number of hydrogen-bond donors (Lipinski definition) is 0. The Morgan fingerprint density at radius 1 is 0.966 bits per heavy atom. The van der Waals surface area contributed by atoms with Crippen LogP contribution >= 0.6 is 0 Å². The maximum absolute atomic E-state index is 12.2. The van der Waals surface area contributed by atoms with Crippen molar-refractivity contribution in [2.24, 2.45) is 5.92 Å². The lowest BCUT2D eigenvalue weighted by Gasteiger charge is -2.27. The first-order valence-corrected chi connectivity index (χ1v) is 11.3. The Balaban J connectivity index is 1.56. The Labute approximate surface area is 176 Å². The van der Waals surface area contributed by atoms with Crippen molar-refractivity contribution in [1.82, 2.24) is 0 Å². The van der Waals surface area contributed by atoms with E-state index in [1.807, 2.05) is 6.08 Å². The Bertz CT molecular complexity index is 739. The van der Waals surface area contributed by atoms with Gasteiger partial charge in [-0.25, -0.2) is 0 Å². The number of halogens is 1. The van der Waals surface area contributed by atoms with Crippen molar-refractivity contribution in [2.75, 3.05) is 13.3 Å². The van der Waals surface area contributed by atoms with Crippen molar-refractivity contribution in [3.63, 3.8) is 0 Å². The first-order valence-electron chi connectivity index (χ1n) is 11.3. The van der Waals surface area contributed by atoms with E-state index in [0.717, 1.165) is 13.0 Å². The molecule has 0 aliphatic heterocycles. The van der Waals surface area contributed by atoms with E-state index in [1.54, 1.807) is 0 Å². The molecular formula is C27H35FO. The van der Waals surface area contributed by atoms with Gasteiger partial charge in [0.25, 0.3) is 0 Å². The quantitative estimate of drug-likeness (QED) is 0.391. The van der Waals surface area contributed by atoms with Gasteiger partial charge in [-0.2, -0.15) is 0 Å². The molecule has 1 fully saturated rings. The van der Waals surface area contributed by atoms with Crippen molar-refractivity contribution in [3.05, 3.63) is 71.8 Å². The van der Waals surface area contributed by atoms with Crippen LogP contribution in [0.4, 0.5) is 4.39 Å². The maximum Gasteiger partial charge on any atom is 0.0928 e. The fourth-order valence-corrected chi connectivity index (χ4v) is 4.28. The molecule has 1 aliphatic rings. The van der Waals surface area contributed by atoms with Gasteiger partial charge in [-0.3, -0.25) is 4.39 Å². The highest BCUT2D eigenvalue weighted by molar-refractivity contribution is 5.64. The summed E-state index contributed by atoms with van der Waals surface area (Å²) < 4.78 is 18.0. The third kappa shape index (κ3) is 6.27. The first kappa shape index (κ1) is 21.8. The number of alkyl halides is 1. The van der Waals surface area contributed by atoms with Gasteiger partial charge in [-0.05, 0) is 79.5 Å². The normalized spacial score (nSPS) is 20.8. The Hall–Kier alpha value is -1.93. The average molecular weight is 395 g/mol. The molecule has 0 amide bonds. The van der Waals surface area contributed by atoms with Crippen LogP contribution in [-0.2, 0) is 4.74 Å². The van der Waals surface area contributed by atoms with E-state index < -0.39 is 0 Å².